The second-order valence-corrected chi connectivity index (χ2v) is 8.85. The molecule has 2 amide bonds. The van der Waals surface area contributed by atoms with Crippen molar-refractivity contribution in [3.05, 3.63) is 46.0 Å². The molecular weight excluding hydrogens is 448 g/mol. The fourth-order valence-corrected chi connectivity index (χ4v) is 4.69. The lowest BCUT2D eigenvalue weighted by atomic mass is 9.89. The minimum atomic E-state index is -0.569. The summed E-state index contributed by atoms with van der Waals surface area (Å²) in [7, 11) is 0. The molecule has 1 aliphatic carbocycles. The molecule has 1 fully saturated rings. The van der Waals surface area contributed by atoms with Gasteiger partial charge in [-0.15, -0.1) is 0 Å². The van der Waals surface area contributed by atoms with E-state index in [1.165, 1.54) is 6.92 Å². The van der Waals surface area contributed by atoms with Gasteiger partial charge in [0.15, 0.2) is 5.82 Å². The molecule has 1 heterocycles. The van der Waals surface area contributed by atoms with Crippen LogP contribution in [0.15, 0.2) is 33.3 Å². The molecule has 2 N–H and O–H groups in total. The second-order valence-electron chi connectivity index (χ2n) is 8.00. The first kappa shape index (κ1) is 22.5. The lowest BCUT2D eigenvalue weighted by Crippen LogP contribution is -2.45. The molecule has 1 unspecified atom stereocenters. The van der Waals surface area contributed by atoms with E-state index in [2.05, 4.69) is 36.7 Å². The molecule has 1 aliphatic rings. The lowest BCUT2D eigenvalue weighted by Gasteiger charge is -2.30. The fraction of sp³-hybridized carbons (Fsp3) is 0.545. The molecule has 0 radical (unpaired) electrons. The van der Waals surface area contributed by atoms with Gasteiger partial charge in [-0.3, -0.25) is 9.59 Å². The number of amides is 2. The molecule has 0 saturated heterocycles. The van der Waals surface area contributed by atoms with E-state index in [0.717, 1.165) is 48.6 Å². The molecule has 1 aromatic carbocycles. The number of rotatable bonds is 7. The summed E-state index contributed by atoms with van der Waals surface area (Å²) in [5, 5.41) is 10.2. The Morgan fingerprint density at radius 1 is 1.20 bits per heavy atom. The molecule has 30 heavy (non-hydrogen) atoms. The van der Waals surface area contributed by atoms with Crippen LogP contribution in [-0.2, 0) is 21.5 Å². The molecule has 1 saturated carbocycles. The van der Waals surface area contributed by atoms with Crippen LogP contribution in [0, 0.1) is 0 Å². The SMILES string of the molecule is CC(=O)NC1(c2noc(CCC(=O)NC(C)c3ccccc3Br)n2)CCCCCC1. The molecule has 0 aliphatic heterocycles. The molecule has 7 nitrogen and oxygen atoms in total. The van der Waals surface area contributed by atoms with Crippen molar-refractivity contribution < 1.29 is 14.1 Å². The number of hydrogen-bond acceptors (Lipinski definition) is 5. The number of benzene rings is 1. The second kappa shape index (κ2) is 10.2. The van der Waals surface area contributed by atoms with E-state index >= 15 is 0 Å². The van der Waals surface area contributed by atoms with Crippen molar-refractivity contribution in [1.29, 1.82) is 0 Å². The number of hydrogen-bond donors (Lipinski definition) is 2. The third-order valence-corrected chi connectivity index (χ3v) is 6.31. The average Bonchev–Trinajstić information content (AvgIpc) is 3.06. The predicted octanol–water partition coefficient (Wildman–Crippen LogP) is 4.33. The van der Waals surface area contributed by atoms with Gasteiger partial charge in [0.1, 0.15) is 5.54 Å². The fourth-order valence-electron chi connectivity index (χ4n) is 4.06. The third-order valence-electron chi connectivity index (χ3n) is 5.58. The topological polar surface area (TPSA) is 97.1 Å². The molecule has 3 rings (SSSR count). The third kappa shape index (κ3) is 5.68. The van der Waals surface area contributed by atoms with Crippen molar-refractivity contribution in [2.24, 2.45) is 0 Å². The number of carbonyl (C=O) groups excluding carboxylic acids is 2. The molecule has 0 bridgehead atoms. The van der Waals surface area contributed by atoms with Gasteiger partial charge in [-0.2, -0.15) is 4.98 Å². The minimum absolute atomic E-state index is 0.0796. The van der Waals surface area contributed by atoms with Crippen LogP contribution in [0.3, 0.4) is 0 Å². The predicted molar refractivity (Wildman–Crippen MR) is 117 cm³/mol. The molecule has 1 aromatic heterocycles. The van der Waals surface area contributed by atoms with Gasteiger partial charge < -0.3 is 15.2 Å². The monoisotopic (exact) mass is 476 g/mol. The van der Waals surface area contributed by atoms with Crippen molar-refractivity contribution in [1.82, 2.24) is 20.8 Å². The summed E-state index contributed by atoms with van der Waals surface area (Å²) in [6, 6.07) is 7.71. The van der Waals surface area contributed by atoms with Crippen LogP contribution in [0.25, 0.3) is 0 Å². The van der Waals surface area contributed by atoms with Crippen LogP contribution in [-0.4, -0.2) is 22.0 Å². The average molecular weight is 477 g/mol. The number of halogens is 1. The number of carbonyl (C=O) groups is 2. The largest absolute Gasteiger partial charge is 0.350 e. The Morgan fingerprint density at radius 3 is 2.57 bits per heavy atom. The van der Waals surface area contributed by atoms with Crippen LogP contribution in [0.4, 0.5) is 0 Å². The Hall–Kier alpha value is -2.22. The maximum Gasteiger partial charge on any atom is 0.227 e. The van der Waals surface area contributed by atoms with Gasteiger partial charge in [0, 0.05) is 24.2 Å². The van der Waals surface area contributed by atoms with E-state index in [0.29, 0.717) is 18.1 Å². The zero-order valence-electron chi connectivity index (χ0n) is 17.5. The van der Waals surface area contributed by atoms with E-state index in [1.807, 2.05) is 31.2 Å². The molecule has 0 spiro atoms. The Bertz CT molecular complexity index is 875. The summed E-state index contributed by atoms with van der Waals surface area (Å²) in [6.07, 6.45) is 6.52. The van der Waals surface area contributed by atoms with E-state index in [9.17, 15) is 9.59 Å². The first-order valence-electron chi connectivity index (χ1n) is 10.6. The summed E-state index contributed by atoms with van der Waals surface area (Å²) in [5.74, 6) is 0.770. The first-order valence-corrected chi connectivity index (χ1v) is 11.3. The highest BCUT2D eigenvalue weighted by molar-refractivity contribution is 9.10. The molecule has 162 valence electrons. The lowest BCUT2D eigenvalue weighted by molar-refractivity contribution is -0.122. The summed E-state index contributed by atoms with van der Waals surface area (Å²) in [5.41, 5.74) is 0.456. The van der Waals surface area contributed by atoms with Gasteiger partial charge in [0.2, 0.25) is 17.7 Å². The molecule has 8 heteroatoms. The molecular formula is C22H29BrN4O3. The van der Waals surface area contributed by atoms with Crippen LogP contribution in [0.1, 0.15) is 82.1 Å². The highest BCUT2D eigenvalue weighted by Crippen LogP contribution is 2.34. The van der Waals surface area contributed by atoms with Crippen molar-refractivity contribution in [3.63, 3.8) is 0 Å². The number of nitrogens with one attached hydrogen (secondary N) is 2. The minimum Gasteiger partial charge on any atom is -0.350 e. The van der Waals surface area contributed by atoms with Gasteiger partial charge in [-0.05, 0) is 31.4 Å². The highest BCUT2D eigenvalue weighted by atomic mass is 79.9. The van der Waals surface area contributed by atoms with Gasteiger partial charge >= 0.3 is 0 Å². The Balaban J connectivity index is 1.61. The maximum absolute atomic E-state index is 12.4. The normalized spacial score (nSPS) is 17.0. The Kier molecular flexibility index (Phi) is 7.64. The van der Waals surface area contributed by atoms with E-state index in [4.69, 9.17) is 4.52 Å². The van der Waals surface area contributed by atoms with Gasteiger partial charge in [0.05, 0.1) is 6.04 Å². The van der Waals surface area contributed by atoms with E-state index in [-0.39, 0.29) is 24.3 Å². The van der Waals surface area contributed by atoms with Crippen LogP contribution < -0.4 is 10.6 Å². The van der Waals surface area contributed by atoms with Crippen LogP contribution in [0.2, 0.25) is 0 Å². The van der Waals surface area contributed by atoms with Gasteiger partial charge in [-0.25, -0.2) is 0 Å². The zero-order chi connectivity index (χ0) is 21.6. The smallest absolute Gasteiger partial charge is 0.227 e. The van der Waals surface area contributed by atoms with Crippen molar-refractivity contribution in [2.75, 3.05) is 0 Å². The highest BCUT2D eigenvalue weighted by Gasteiger charge is 2.38. The maximum atomic E-state index is 12.4. The first-order chi connectivity index (χ1) is 14.4. The van der Waals surface area contributed by atoms with Crippen LogP contribution in [0.5, 0.6) is 0 Å². The van der Waals surface area contributed by atoms with Crippen molar-refractivity contribution in [2.45, 2.75) is 76.8 Å². The molecule has 2 aromatic rings. The van der Waals surface area contributed by atoms with Gasteiger partial charge in [-0.1, -0.05) is 65.0 Å². The van der Waals surface area contributed by atoms with Gasteiger partial charge in [0.25, 0.3) is 0 Å². The summed E-state index contributed by atoms with van der Waals surface area (Å²) in [4.78, 5) is 28.8. The summed E-state index contributed by atoms with van der Waals surface area (Å²) in [6.45, 7) is 3.47. The van der Waals surface area contributed by atoms with E-state index < -0.39 is 5.54 Å². The molecule has 1 atom stereocenters. The Labute approximate surface area is 185 Å². The summed E-state index contributed by atoms with van der Waals surface area (Å²) >= 11 is 3.52. The number of aromatic nitrogens is 2. The number of aryl methyl sites for hydroxylation is 1. The van der Waals surface area contributed by atoms with Crippen molar-refractivity contribution >= 4 is 27.7 Å². The van der Waals surface area contributed by atoms with E-state index in [1.54, 1.807) is 0 Å². The number of nitrogens with zero attached hydrogens (tertiary/aromatic N) is 2. The summed E-state index contributed by atoms with van der Waals surface area (Å²) < 4.78 is 6.39. The zero-order valence-corrected chi connectivity index (χ0v) is 19.1. The van der Waals surface area contributed by atoms with Crippen LogP contribution >= 0.6 is 15.9 Å². The standard InChI is InChI=1S/C22H29BrN4O3/c1-15(17-9-5-6-10-18(17)23)24-19(29)11-12-20-25-21(27-30-20)22(26-16(2)28)13-7-3-4-8-14-22/h5-6,9-10,15H,3-4,7-8,11-14H2,1-2H3,(H,24,29)(H,26,28). The Morgan fingerprint density at radius 2 is 1.90 bits per heavy atom. The quantitative estimate of drug-likeness (QED) is 0.579. The van der Waals surface area contributed by atoms with Crippen molar-refractivity contribution in [3.8, 4) is 0 Å².